The summed E-state index contributed by atoms with van der Waals surface area (Å²) < 4.78 is 0. The van der Waals surface area contributed by atoms with E-state index in [-0.39, 0.29) is 11.8 Å². The fraction of sp³-hybridized carbons (Fsp3) is 0.875. The summed E-state index contributed by atoms with van der Waals surface area (Å²) in [5.74, 6) is 0.174. The van der Waals surface area contributed by atoms with Gasteiger partial charge in [-0.1, -0.05) is 0 Å². The Labute approximate surface area is 72.8 Å². The minimum atomic E-state index is 0.0738. The average molecular weight is 172 g/mol. The van der Waals surface area contributed by atoms with Crippen LogP contribution in [0.3, 0.4) is 0 Å². The number of carbonyl (C=O) groups excluding carboxylic acids is 1. The molecule has 0 aliphatic carbocycles. The van der Waals surface area contributed by atoms with E-state index in [1.165, 1.54) is 12.2 Å². The molecule has 1 fully saturated rings. The van der Waals surface area contributed by atoms with Crippen LogP contribution in [0.2, 0.25) is 0 Å². The fourth-order valence-electron chi connectivity index (χ4n) is 1.41. The lowest BCUT2D eigenvalue weighted by atomic mass is 9.99. The first-order valence-corrected chi connectivity index (χ1v) is 4.28. The summed E-state index contributed by atoms with van der Waals surface area (Å²) in [5, 5.41) is 4.49. The second-order valence-electron chi connectivity index (χ2n) is 3.06. The van der Waals surface area contributed by atoms with Crippen LogP contribution >= 0.6 is 0 Å². The smallest absolute Gasteiger partial charge is 0.250 e. The molecule has 1 rings (SSSR count). The molecule has 0 aromatic rings. The van der Waals surface area contributed by atoms with Gasteiger partial charge in [-0.05, 0) is 19.4 Å². The third-order valence-electron chi connectivity index (χ3n) is 2.23. The van der Waals surface area contributed by atoms with E-state index in [9.17, 15) is 4.79 Å². The lowest BCUT2D eigenvalue weighted by molar-refractivity contribution is -0.173. The first-order chi connectivity index (χ1) is 5.75. The molecule has 0 saturated carbocycles. The summed E-state index contributed by atoms with van der Waals surface area (Å²) in [6.45, 7) is 1.81. The zero-order valence-electron chi connectivity index (χ0n) is 7.67. The van der Waals surface area contributed by atoms with Crippen molar-refractivity contribution in [1.29, 1.82) is 0 Å². The number of carbonyl (C=O) groups is 1. The van der Waals surface area contributed by atoms with Gasteiger partial charge < -0.3 is 5.32 Å². The quantitative estimate of drug-likeness (QED) is 0.596. The van der Waals surface area contributed by atoms with Crippen molar-refractivity contribution in [1.82, 2.24) is 10.4 Å². The van der Waals surface area contributed by atoms with Crippen LogP contribution in [0.1, 0.15) is 12.8 Å². The number of nitrogens with zero attached hydrogens (tertiary/aromatic N) is 1. The van der Waals surface area contributed by atoms with Crippen molar-refractivity contribution in [3.05, 3.63) is 0 Å². The predicted molar refractivity (Wildman–Crippen MR) is 45.4 cm³/mol. The molecule has 1 aliphatic rings. The molecule has 1 N–H and O–H groups in total. The van der Waals surface area contributed by atoms with Gasteiger partial charge in [-0.2, -0.15) is 0 Å². The lowest BCUT2D eigenvalue weighted by Crippen LogP contribution is -2.40. The van der Waals surface area contributed by atoms with E-state index in [1.807, 2.05) is 0 Å². The number of amides is 1. The van der Waals surface area contributed by atoms with Gasteiger partial charge in [0.05, 0.1) is 13.0 Å². The molecule has 0 radical (unpaired) electrons. The molecule has 0 unspecified atom stereocenters. The molecule has 1 saturated heterocycles. The van der Waals surface area contributed by atoms with Crippen molar-refractivity contribution in [3.63, 3.8) is 0 Å². The number of hydroxylamine groups is 2. The van der Waals surface area contributed by atoms with Crippen LogP contribution in [0, 0.1) is 5.92 Å². The SMILES string of the molecule is CON(C)C(=O)[C@H]1CCCNC1. The molecule has 70 valence electrons. The Hall–Kier alpha value is -0.610. The van der Waals surface area contributed by atoms with Gasteiger partial charge in [0.1, 0.15) is 0 Å². The summed E-state index contributed by atoms with van der Waals surface area (Å²) in [6.07, 6.45) is 2.05. The van der Waals surface area contributed by atoms with Crippen LogP contribution in [0.5, 0.6) is 0 Å². The van der Waals surface area contributed by atoms with E-state index in [0.29, 0.717) is 0 Å². The molecule has 1 aliphatic heterocycles. The number of piperidine rings is 1. The molecule has 0 spiro atoms. The van der Waals surface area contributed by atoms with Gasteiger partial charge in [-0.25, -0.2) is 5.06 Å². The van der Waals surface area contributed by atoms with Gasteiger partial charge in [0, 0.05) is 13.6 Å². The Bertz CT molecular complexity index is 155. The van der Waals surface area contributed by atoms with Crippen LogP contribution < -0.4 is 5.32 Å². The summed E-state index contributed by atoms with van der Waals surface area (Å²) in [4.78, 5) is 16.3. The summed E-state index contributed by atoms with van der Waals surface area (Å²) >= 11 is 0. The van der Waals surface area contributed by atoms with Crippen LogP contribution in [-0.4, -0.2) is 38.2 Å². The molecule has 4 nitrogen and oxygen atoms in total. The fourth-order valence-corrected chi connectivity index (χ4v) is 1.41. The maximum atomic E-state index is 11.5. The van der Waals surface area contributed by atoms with Crippen molar-refractivity contribution in [2.45, 2.75) is 12.8 Å². The van der Waals surface area contributed by atoms with Gasteiger partial charge in [0.15, 0.2) is 0 Å². The van der Waals surface area contributed by atoms with E-state index < -0.39 is 0 Å². The molecule has 1 amide bonds. The Morgan fingerprint density at radius 3 is 2.92 bits per heavy atom. The Kier molecular flexibility index (Phi) is 3.49. The molecular weight excluding hydrogens is 156 g/mol. The molecule has 0 bridgehead atoms. The minimum Gasteiger partial charge on any atom is -0.316 e. The van der Waals surface area contributed by atoms with E-state index in [1.54, 1.807) is 7.05 Å². The number of hydrogen-bond acceptors (Lipinski definition) is 3. The van der Waals surface area contributed by atoms with Gasteiger partial charge in [0.2, 0.25) is 5.91 Å². The largest absolute Gasteiger partial charge is 0.316 e. The molecule has 12 heavy (non-hydrogen) atoms. The van der Waals surface area contributed by atoms with Crippen LogP contribution in [0.25, 0.3) is 0 Å². The van der Waals surface area contributed by atoms with Crippen molar-refractivity contribution >= 4 is 5.91 Å². The highest BCUT2D eigenvalue weighted by Crippen LogP contribution is 2.12. The third kappa shape index (κ3) is 2.19. The Balaban J connectivity index is 2.39. The monoisotopic (exact) mass is 172 g/mol. The zero-order chi connectivity index (χ0) is 8.97. The van der Waals surface area contributed by atoms with Gasteiger partial charge in [-0.15, -0.1) is 0 Å². The highest BCUT2D eigenvalue weighted by Gasteiger charge is 2.23. The highest BCUT2D eigenvalue weighted by atomic mass is 16.7. The van der Waals surface area contributed by atoms with Crippen molar-refractivity contribution < 1.29 is 9.63 Å². The third-order valence-corrected chi connectivity index (χ3v) is 2.23. The Morgan fingerprint density at radius 2 is 2.42 bits per heavy atom. The summed E-state index contributed by atoms with van der Waals surface area (Å²) in [5.41, 5.74) is 0. The van der Waals surface area contributed by atoms with Gasteiger partial charge in [-0.3, -0.25) is 9.63 Å². The summed E-state index contributed by atoms with van der Waals surface area (Å²) in [6, 6.07) is 0. The average Bonchev–Trinajstić information content (AvgIpc) is 2.17. The maximum absolute atomic E-state index is 11.5. The van der Waals surface area contributed by atoms with E-state index >= 15 is 0 Å². The molecule has 0 aromatic carbocycles. The van der Waals surface area contributed by atoms with Crippen LogP contribution in [0.4, 0.5) is 0 Å². The van der Waals surface area contributed by atoms with Crippen molar-refractivity contribution in [2.24, 2.45) is 5.92 Å². The van der Waals surface area contributed by atoms with E-state index in [2.05, 4.69) is 5.32 Å². The molecule has 0 aromatic heterocycles. The zero-order valence-corrected chi connectivity index (χ0v) is 7.67. The topological polar surface area (TPSA) is 41.6 Å². The standard InChI is InChI=1S/C8H16N2O2/c1-10(12-2)8(11)7-4-3-5-9-6-7/h7,9H,3-6H2,1-2H3/t7-/m0/s1. The Morgan fingerprint density at radius 1 is 1.67 bits per heavy atom. The minimum absolute atomic E-state index is 0.0738. The highest BCUT2D eigenvalue weighted by molar-refractivity contribution is 5.77. The van der Waals surface area contributed by atoms with E-state index in [0.717, 1.165) is 25.9 Å². The van der Waals surface area contributed by atoms with Gasteiger partial charge >= 0.3 is 0 Å². The molecular formula is C8H16N2O2. The number of rotatable bonds is 2. The molecule has 1 heterocycles. The molecule has 4 heteroatoms. The van der Waals surface area contributed by atoms with Crippen molar-refractivity contribution in [3.8, 4) is 0 Å². The summed E-state index contributed by atoms with van der Waals surface area (Å²) in [7, 11) is 3.16. The first-order valence-electron chi connectivity index (χ1n) is 4.28. The predicted octanol–water partition coefficient (Wildman–Crippen LogP) is 0.00580. The van der Waals surface area contributed by atoms with Gasteiger partial charge in [0.25, 0.3) is 0 Å². The maximum Gasteiger partial charge on any atom is 0.250 e. The second kappa shape index (κ2) is 4.42. The number of nitrogens with one attached hydrogen (secondary N) is 1. The number of hydrogen-bond donors (Lipinski definition) is 1. The van der Waals surface area contributed by atoms with Crippen molar-refractivity contribution in [2.75, 3.05) is 27.2 Å². The second-order valence-corrected chi connectivity index (χ2v) is 3.06. The van der Waals surface area contributed by atoms with Crippen LogP contribution in [-0.2, 0) is 9.63 Å². The van der Waals surface area contributed by atoms with Crippen LogP contribution in [0.15, 0.2) is 0 Å². The van der Waals surface area contributed by atoms with E-state index in [4.69, 9.17) is 4.84 Å². The normalized spacial score (nSPS) is 23.7. The molecule has 1 atom stereocenters. The lowest BCUT2D eigenvalue weighted by Gasteiger charge is -2.25. The first kappa shape index (κ1) is 9.48.